The maximum Gasteiger partial charge on any atom is 0.233 e. The van der Waals surface area contributed by atoms with Gasteiger partial charge in [-0.1, -0.05) is 50.2 Å². The number of furan rings is 1. The largest absolute Gasteiger partial charge is 0.467 e. The molecule has 6 heteroatoms. The molecule has 3 aromatic rings. The van der Waals surface area contributed by atoms with Crippen molar-refractivity contribution < 1.29 is 9.21 Å². The molecule has 0 fully saturated rings. The van der Waals surface area contributed by atoms with Gasteiger partial charge in [0.05, 0.1) is 18.5 Å². The molecule has 0 radical (unpaired) electrons. The quantitative estimate of drug-likeness (QED) is 0.554. The van der Waals surface area contributed by atoms with Crippen LogP contribution >= 0.6 is 0 Å². The van der Waals surface area contributed by atoms with Crippen LogP contribution in [0.2, 0.25) is 0 Å². The minimum atomic E-state index is -0.773. The van der Waals surface area contributed by atoms with E-state index in [-0.39, 0.29) is 5.91 Å². The molecular formula is C26H32N4O2. The number of carbonyl (C=O) groups excluding carboxylic acids is 1. The molecule has 4 rings (SSSR count). The number of nitrogens with one attached hydrogen (secondary N) is 2. The van der Waals surface area contributed by atoms with Gasteiger partial charge in [0.15, 0.2) is 0 Å². The molecule has 1 aromatic carbocycles. The van der Waals surface area contributed by atoms with Gasteiger partial charge in [-0.15, -0.1) is 0 Å². The van der Waals surface area contributed by atoms with Crippen molar-refractivity contribution in [2.24, 2.45) is 5.92 Å². The molecule has 6 nitrogen and oxygen atoms in total. The number of nitrogens with zero attached hydrogens (tertiary/aromatic N) is 2. The first kappa shape index (κ1) is 22.1. The van der Waals surface area contributed by atoms with E-state index in [0.29, 0.717) is 19.0 Å². The number of hydrogen-bond donors (Lipinski definition) is 2. The van der Waals surface area contributed by atoms with Crippen molar-refractivity contribution in [2.75, 3.05) is 18.4 Å². The van der Waals surface area contributed by atoms with Crippen LogP contribution in [-0.4, -0.2) is 28.9 Å². The van der Waals surface area contributed by atoms with Crippen LogP contribution in [-0.2, 0) is 29.8 Å². The molecule has 3 heterocycles. The third-order valence-electron chi connectivity index (χ3n) is 5.88. The predicted molar refractivity (Wildman–Crippen MR) is 126 cm³/mol. The Hall–Kier alpha value is -3.12. The fraction of sp³-hybridized carbons (Fsp3) is 0.385. The van der Waals surface area contributed by atoms with Crippen LogP contribution in [0.3, 0.4) is 0 Å². The molecule has 1 aliphatic rings. The van der Waals surface area contributed by atoms with Gasteiger partial charge in [0.2, 0.25) is 5.91 Å². The summed E-state index contributed by atoms with van der Waals surface area (Å²) in [6.07, 6.45) is 1.62. The Morgan fingerprint density at radius 1 is 1.16 bits per heavy atom. The van der Waals surface area contributed by atoms with E-state index < -0.39 is 5.41 Å². The van der Waals surface area contributed by atoms with Crippen molar-refractivity contribution in [2.45, 2.75) is 45.8 Å². The van der Waals surface area contributed by atoms with Gasteiger partial charge in [-0.25, -0.2) is 4.98 Å². The Labute approximate surface area is 190 Å². The minimum Gasteiger partial charge on any atom is -0.467 e. The highest BCUT2D eigenvalue weighted by Gasteiger charge is 2.43. The molecule has 0 aliphatic carbocycles. The summed E-state index contributed by atoms with van der Waals surface area (Å²) in [6.45, 7) is 9.68. The van der Waals surface area contributed by atoms with Crippen molar-refractivity contribution in [3.05, 3.63) is 83.4 Å². The van der Waals surface area contributed by atoms with Crippen LogP contribution in [0.4, 0.5) is 5.82 Å². The van der Waals surface area contributed by atoms with E-state index in [1.54, 1.807) is 6.26 Å². The lowest BCUT2D eigenvalue weighted by Crippen LogP contribution is -2.53. The number of carbonyl (C=O) groups is 1. The summed E-state index contributed by atoms with van der Waals surface area (Å²) in [5.74, 6) is 2.03. The lowest BCUT2D eigenvalue weighted by molar-refractivity contribution is -0.128. The molecule has 0 spiro atoms. The Morgan fingerprint density at radius 2 is 1.97 bits per heavy atom. The Balaban J connectivity index is 1.61. The summed E-state index contributed by atoms with van der Waals surface area (Å²) >= 11 is 0. The first-order valence-electron chi connectivity index (χ1n) is 11.3. The number of rotatable bonds is 8. The number of anilines is 1. The van der Waals surface area contributed by atoms with Gasteiger partial charge in [-0.2, -0.15) is 0 Å². The van der Waals surface area contributed by atoms with Gasteiger partial charge in [-0.3, -0.25) is 9.69 Å². The first-order valence-corrected chi connectivity index (χ1v) is 11.3. The normalized spacial score (nSPS) is 18.4. The van der Waals surface area contributed by atoms with Crippen LogP contribution < -0.4 is 10.6 Å². The van der Waals surface area contributed by atoms with Crippen molar-refractivity contribution >= 4 is 11.7 Å². The number of hydrogen-bond acceptors (Lipinski definition) is 5. The van der Waals surface area contributed by atoms with Crippen LogP contribution in [0.1, 0.15) is 43.4 Å². The van der Waals surface area contributed by atoms with E-state index in [2.05, 4.69) is 59.7 Å². The van der Waals surface area contributed by atoms with Crippen molar-refractivity contribution in [1.82, 2.24) is 15.2 Å². The molecule has 1 aliphatic heterocycles. The second-order valence-corrected chi connectivity index (χ2v) is 9.20. The highest BCUT2D eigenvalue weighted by atomic mass is 16.3. The molecule has 32 heavy (non-hydrogen) atoms. The second-order valence-electron chi connectivity index (χ2n) is 9.20. The molecule has 0 saturated carbocycles. The molecule has 0 bridgehead atoms. The maximum absolute atomic E-state index is 13.5. The average molecular weight is 433 g/mol. The summed E-state index contributed by atoms with van der Waals surface area (Å²) in [5.41, 5.74) is 2.41. The monoisotopic (exact) mass is 432 g/mol. The van der Waals surface area contributed by atoms with Gasteiger partial charge in [0.1, 0.15) is 17.0 Å². The summed E-state index contributed by atoms with van der Waals surface area (Å²) in [5, 5.41) is 6.48. The van der Waals surface area contributed by atoms with Gasteiger partial charge >= 0.3 is 0 Å². The van der Waals surface area contributed by atoms with Gasteiger partial charge in [-0.05, 0) is 42.2 Å². The zero-order valence-corrected chi connectivity index (χ0v) is 19.1. The molecule has 1 atom stereocenters. The summed E-state index contributed by atoms with van der Waals surface area (Å²) in [4.78, 5) is 20.8. The average Bonchev–Trinajstić information content (AvgIpc) is 3.30. The summed E-state index contributed by atoms with van der Waals surface area (Å²) < 4.78 is 5.40. The zero-order valence-electron chi connectivity index (χ0n) is 19.1. The van der Waals surface area contributed by atoms with Crippen LogP contribution in [0.25, 0.3) is 0 Å². The smallest absolute Gasteiger partial charge is 0.233 e. The lowest BCUT2D eigenvalue weighted by atomic mass is 9.79. The number of aromatic nitrogens is 1. The second kappa shape index (κ2) is 9.57. The summed E-state index contributed by atoms with van der Waals surface area (Å²) in [7, 11) is 0. The van der Waals surface area contributed by atoms with Crippen molar-refractivity contribution in [3.8, 4) is 0 Å². The third-order valence-corrected chi connectivity index (χ3v) is 5.88. The molecule has 1 amide bonds. The van der Waals surface area contributed by atoms with Crippen molar-refractivity contribution in [1.29, 1.82) is 0 Å². The molecule has 168 valence electrons. The highest BCUT2D eigenvalue weighted by molar-refractivity contribution is 5.88. The van der Waals surface area contributed by atoms with E-state index >= 15 is 0 Å². The molecule has 1 unspecified atom stereocenters. The van der Waals surface area contributed by atoms with E-state index in [1.165, 1.54) is 5.56 Å². The van der Waals surface area contributed by atoms with E-state index in [0.717, 1.165) is 42.5 Å². The van der Waals surface area contributed by atoms with E-state index in [1.807, 2.05) is 31.2 Å². The van der Waals surface area contributed by atoms with E-state index in [4.69, 9.17) is 9.40 Å². The first-order chi connectivity index (χ1) is 15.4. The molecule has 2 aromatic heterocycles. The Morgan fingerprint density at radius 3 is 2.69 bits per heavy atom. The number of fused-ring (bicyclic) bond motifs is 1. The molecule has 0 saturated heterocycles. The van der Waals surface area contributed by atoms with Crippen LogP contribution in [0.15, 0.2) is 65.3 Å². The van der Waals surface area contributed by atoms with Crippen molar-refractivity contribution in [3.63, 3.8) is 0 Å². The van der Waals surface area contributed by atoms with Crippen LogP contribution in [0, 0.1) is 5.92 Å². The molecule has 2 N–H and O–H groups in total. The Bertz CT molecular complexity index is 1030. The van der Waals surface area contributed by atoms with Crippen LogP contribution in [0.5, 0.6) is 0 Å². The Kier molecular flexibility index (Phi) is 6.61. The van der Waals surface area contributed by atoms with Gasteiger partial charge in [0.25, 0.3) is 0 Å². The fourth-order valence-corrected chi connectivity index (χ4v) is 4.23. The highest BCUT2D eigenvalue weighted by Crippen LogP contribution is 2.34. The summed E-state index contributed by atoms with van der Waals surface area (Å²) in [6, 6.07) is 18.2. The van der Waals surface area contributed by atoms with Gasteiger partial charge < -0.3 is 15.1 Å². The topological polar surface area (TPSA) is 70.4 Å². The lowest BCUT2D eigenvalue weighted by Gasteiger charge is -2.40. The fourth-order valence-electron chi connectivity index (χ4n) is 4.23. The predicted octanol–water partition coefficient (Wildman–Crippen LogP) is 4.33. The van der Waals surface area contributed by atoms with Gasteiger partial charge in [0, 0.05) is 26.2 Å². The number of amides is 1. The standard InChI is InChI=1S/C26H32N4O2/c1-19(2)14-27-23-12-11-21-17-30(16-20-8-5-4-6-9-20)18-26(3,24(21)29-23)25(31)28-15-22-10-7-13-32-22/h4-13,19H,14-18H2,1-3H3,(H,27,29)(H,28,31). The third kappa shape index (κ3) is 5.02. The number of benzene rings is 1. The SMILES string of the molecule is CC(C)CNc1ccc2c(n1)C(C)(C(=O)NCc1ccco1)CN(Cc1ccccc1)C2. The molecular weight excluding hydrogens is 400 g/mol. The maximum atomic E-state index is 13.5. The zero-order chi connectivity index (χ0) is 22.6. The minimum absolute atomic E-state index is 0.0404. The van der Waals surface area contributed by atoms with E-state index in [9.17, 15) is 4.79 Å². The number of pyridine rings is 1.